The van der Waals surface area contributed by atoms with Crippen LogP contribution in [0.25, 0.3) is 11.1 Å². The van der Waals surface area contributed by atoms with Gasteiger partial charge in [-0.05, 0) is 81.1 Å². The van der Waals surface area contributed by atoms with Crippen molar-refractivity contribution in [2.75, 3.05) is 26.2 Å². The number of aromatic amines is 1. The van der Waals surface area contributed by atoms with E-state index in [0.29, 0.717) is 18.2 Å². The van der Waals surface area contributed by atoms with Crippen molar-refractivity contribution in [3.8, 4) is 17.2 Å². The fraction of sp³-hybridized carbons (Fsp3) is 0.321. The van der Waals surface area contributed by atoms with Crippen LogP contribution >= 0.6 is 0 Å². The van der Waals surface area contributed by atoms with Gasteiger partial charge >= 0.3 is 0 Å². The Morgan fingerprint density at radius 2 is 1.89 bits per heavy atom. The van der Waals surface area contributed by atoms with Crippen LogP contribution in [0, 0.1) is 29.9 Å². The predicted molar refractivity (Wildman–Crippen MR) is 134 cm³/mol. The molecular weight excluding hydrogens is 462 g/mol. The lowest BCUT2D eigenvalue weighted by atomic mass is 9.87. The first kappa shape index (κ1) is 25.3. The number of aryl methyl sites for hydroxylation is 1. The Morgan fingerprint density at radius 3 is 2.61 bits per heavy atom. The minimum atomic E-state index is -1.04. The Labute approximate surface area is 208 Å². The van der Waals surface area contributed by atoms with E-state index in [0.717, 1.165) is 62.2 Å². The number of rotatable bonds is 7. The van der Waals surface area contributed by atoms with Crippen molar-refractivity contribution in [2.45, 2.75) is 32.1 Å². The van der Waals surface area contributed by atoms with Gasteiger partial charge in [0.25, 0.3) is 5.91 Å². The van der Waals surface area contributed by atoms with Gasteiger partial charge in [-0.1, -0.05) is 24.3 Å². The van der Waals surface area contributed by atoms with Gasteiger partial charge in [0, 0.05) is 23.9 Å². The molecule has 1 aliphatic rings. The summed E-state index contributed by atoms with van der Waals surface area (Å²) >= 11 is 0. The molecule has 1 saturated heterocycles. The molecule has 36 heavy (non-hydrogen) atoms. The van der Waals surface area contributed by atoms with E-state index in [9.17, 15) is 23.6 Å². The number of H-pyrrole nitrogens is 1. The molecule has 8 heteroatoms. The van der Waals surface area contributed by atoms with E-state index >= 15 is 0 Å². The van der Waals surface area contributed by atoms with Crippen molar-refractivity contribution < 1.29 is 13.6 Å². The van der Waals surface area contributed by atoms with Gasteiger partial charge in [0.05, 0.1) is 17.2 Å². The van der Waals surface area contributed by atoms with Gasteiger partial charge < -0.3 is 15.2 Å². The summed E-state index contributed by atoms with van der Waals surface area (Å²) in [5, 5.41) is 12.3. The number of hydrogen-bond donors (Lipinski definition) is 2. The topological polar surface area (TPSA) is 89.0 Å². The number of pyridine rings is 1. The average molecular weight is 491 g/mol. The fourth-order valence-corrected chi connectivity index (χ4v) is 4.89. The summed E-state index contributed by atoms with van der Waals surface area (Å²) in [4.78, 5) is 30.0. The third kappa shape index (κ3) is 5.69. The molecular formula is C28H28F2N4O2. The quantitative estimate of drug-likeness (QED) is 0.478. The summed E-state index contributed by atoms with van der Waals surface area (Å²) < 4.78 is 27.2. The second-order valence-electron chi connectivity index (χ2n) is 9.10. The van der Waals surface area contributed by atoms with Crippen molar-refractivity contribution in [2.24, 2.45) is 0 Å². The largest absolute Gasteiger partial charge is 0.352 e. The first-order chi connectivity index (χ1) is 17.4. The van der Waals surface area contributed by atoms with Crippen LogP contribution in [0.4, 0.5) is 8.78 Å². The zero-order chi connectivity index (χ0) is 25.7. The highest BCUT2D eigenvalue weighted by Crippen LogP contribution is 2.30. The Kier molecular flexibility index (Phi) is 7.91. The number of carbonyl (C=O) groups is 1. The molecule has 1 aromatic heterocycles. The van der Waals surface area contributed by atoms with E-state index in [2.05, 4.69) is 21.3 Å². The Balaban J connectivity index is 1.33. The number of halogens is 2. The molecule has 0 atom stereocenters. The molecule has 0 aliphatic carbocycles. The number of amides is 1. The number of likely N-dealkylation sites (tertiary alicyclic amines) is 1. The smallest absolute Gasteiger partial charge is 0.253 e. The zero-order valence-electron chi connectivity index (χ0n) is 20.1. The lowest BCUT2D eigenvalue weighted by molar-refractivity contribution is 0.0950. The van der Waals surface area contributed by atoms with Crippen LogP contribution < -0.4 is 10.9 Å². The third-order valence-corrected chi connectivity index (χ3v) is 6.73. The van der Waals surface area contributed by atoms with Crippen molar-refractivity contribution in [1.29, 1.82) is 5.26 Å². The number of aromatic nitrogens is 1. The number of benzene rings is 2. The minimum Gasteiger partial charge on any atom is -0.352 e. The molecule has 4 rings (SSSR count). The van der Waals surface area contributed by atoms with Crippen LogP contribution in [0.2, 0.25) is 0 Å². The lowest BCUT2D eigenvalue weighted by Gasteiger charge is -2.32. The summed E-state index contributed by atoms with van der Waals surface area (Å²) in [5.41, 5.74) is 2.56. The molecule has 0 bridgehead atoms. The molecule has 0 radical (unpaired) electrons. The molecule has 0 unspecified atom stereocenters. The molecule has 0 saturated carbocycles. The van der Waals surface area contributed by atoms with Crippen molar-refractivity contribution >= 4 is 5.91 Å². The van der Waals surface area contributed by atoms with E-state index in [1.54, 1.807) is 6.92 Å². The number of nitriles is 1. The number of piperidine rings is 1. The number of nitrogens with one attached hydrogen (secondary N) is 2. The SMILES string of the molecule is Cc1[nH]c(=O)cc(-c2ccc(F)c(F)c2)c1C(=O)NCCCN1CCC(c2ccccc2C#N)CC1. The Hall–Kier alpha value is -3.83. The van der Waals surface area contributed by atoms with Crippen molar-refractivity contribution in [1.82, 2.24) is 15.2 Å². The molecule has 2 heterocycles. The van der Waals surface area contributed by atoms with E-state index < -0.39 is 17.2 Å². The van der Waals surface area contributed by atoms with Crippen LogP contribution in [0.15, 0.2) is 53.3 Å². The van der Waals surface area contributed by atoms with Gasteiger partial charge in [0.2, 0.25) is 5.56 Å². The van der Waals surface area contributed by atoms with Gasteiger partial charge in [0.1, 0.15) is 0 Å². The number of nitrogens with zero attached hydrogens (tertiary/aromatic N) is 2. The minimum absolute atomic E-state index is 0.234. The molecule has 2 N–H and O–H groups in total. The predicted octanol–water partition coefficient (Wildman–Crippen LogP) is 4.50. The van der Waals surface area contributed by atoms with Crippen molar-refractivity contribution in [3.63, 3.8) is 0 Å². The van der Waals surface area contributed by atoms with E-state index in [4.69, 9.17) is 0 Å². The van der Waals surface area contributed by atoms with Crippen LogP contribution in [0.3, 0.4) is 0 Å². The highest BCUT2D eigenvalue weighted by atomic mass is 19.2. The van der Waals surface area contributed by atoms with E-state index in [-0.39, 0.29) is 22.6 Å². The van der Waals surface area contributed by atoms with Gasteiger partial charge in [-0.15, -0.1) is 0 Å². The molecule has 3 aromatic rings. The average Bonchev–Trinajstić information content (AvgIpc) is 2.88. The van der Waals surface area contributed by atoms with Gasteiger partial charge in [-0.25, -0.2) is 8.78 Å². The first-order valence-electron chi connectivity index (χ1n) is 12.1. The standard InChI is InChI=1S/C28H28F2N4O2/c1-18-27(23(16-26(35)33-18)20-7-8-24(29)25(30)15-20)28(36)32-11-4-12-34-13-9-19(10-14-34)22-6-3-2-5-21(22)17-31/h2-3,5-8,15-16,19H,4,9-14H2,1H3,(H,32,36)(H,33,35). The lowest BCUT2D eigenvalue weighted by Crippen LogP contribution is -2.36. The highest BCUT2D eigenvalue weighted by Gasteiger charge is 2.22. The molecule has 6 nitrogen and oxygen atoms in total. The zero-order valence-corrected chi connectivity index (χ0v) is 20.1. The molecule has 0 spiro atoms. The third-order valence-electron chi connectivity index (χ3n) is 6.73. The van der Waals surface area contributed by atoms with Gasteiger partial charge in [-0.3, -0.25) is 9.59 Å². The summed E-state index contributed by atoms with van der Waals surface area (Å²) in [6.45, 7) is 4.73. The van der Waals surface area contributed by atoms with Gasteiger partial charge in [0.15, 0.2) is 11.6 Å². The molecule has 1 amide bonds. The maximum absolute atomic E-state index is 13.8. The fourth-order valence-electron chi connectivity index (χ4n) is 4.89. The first-order valence-corrected chi connectivity index (χ1v) is 12.1. The molecule has 1 aliphatic heterocycles. The summed E-state index contributed by atoms with van der Waals surface area (Å²) in [5.74, 6) is -2.04. The number of carbonyl (C=O) groups excluding carboxylic acids is 1. The van der Waals surface area contributed by atoms with E-state index in [1.165, 1.54) is 12.1 Å². The van der Waals surface area contributed by atoms with Crippen LogP contribution in [0.1, 0.15) is 52.4 Å². The van der Waals surface area contributed by atoms with Gasteiger partial charge in [-0.2, -0.15) is 5.26 Å². The molecule has 1 fully saturated rings. The maximum Gasteiger partial charge on any atom is 0.253 e. The summed E-state index contributed by atoms with van der Waals surface area (Å²) in [7, 11) is 0. The van der Waals surface area contributed by atoms with Crippen LogP contribution in [-0.4, -0.2) is 42.0 Å². The van der Waals surface area contributed by atoms with Crippen LogP contribution in [0.5, 0.6) is 0 Å². The summed E-state index contributed by atoms with van der Waals surface area (Å²) in [6.07, 6.45) is 2.71. The molecule has 2 aromatic carbocycles. The van der Waals surface area contributed by atoms with Crippen LogP contribution in [-0.2, 0) is 0 Å². The number of hydrogen-bond acceptors (Lipinski definition) is 4. The second-order valence-corrected chi connectivity index (χ2v) is 9.10. The maximum atomic E-state index is 13.8. The molecule has 186 valence electrons. The monoisotopic (exact) mass is 490 g/mol. The van der Waals surface area contributed by atoms with E-state index in [1.807, 2.05) is 24.3 Å². The Morgan fingerprint density at radius 1 is 1.14 bits per heavy atom. The van der Waals surface area contributed by atoms with Crippen molar-refractivity contribution in [3.05, 3.63) is 92.9 Å². The summed E-state index contributed by atoms with van der Waals surface area (Å²) in [6, 6.07) is 14.6. The highest BCUT2D eigenvalue weighted by molar-refractivity contribution is 6.01. The normalized spacial score (nSPS) is 14.4. The second kappa shape index (κ2) is 11.3. The Bertz CT molecular complexity index is 1350.